The molecule has 4 aromatic carbocycles. The van der Waals surface area contributed by atoms with Crippen molar-refractivity contribution in [1.29, 1.82) is 0 Å². The van der Waals surface area contributed by atoms with Crippen molar-refractivity contribution in [3.63, 3.8) is 0 Å². The van der Waals surface area contributed by atoms with Gasteiger partial charge in [0.2, 0.25) is 0 Å². The molecule has 0 spiro atoms. The van der Waals surface area contributed by atoms with Crippen LogP contribution in [0.4, 0.5) is 0 Å². The lowest BCUT2D eigenvalue weighted by atomic mass is 10.1. The van der Waals surface area contributed by atoms with Gasteiger partial charge in [-0.25, -0.2) is 0 Å². The quantitative estimate of drug-likeness (QED) is 0.240. The molecule has 0 heterocycles. The Hall–Kier alpha value is -3.22. The highest BCUT2D eigenvalue weighted by Crippen LogP contribution is 2.58. The summed E-state index contributed by atoms with van der Waals surface area (Å²) in [7, 11) is -2.05. The molecule has 0 aliphatic heterocycles. The van der Waals surface area contributed by atoms with E-state index < -0.39 is 7.26 Å². The maximum absolute atomic E-state index is 11.6. The molecule has 0 aromatic heterocycles. The van der Waals surface area contributed by atoms with Crippen LogP contribution in [0.15, 0.2) is 97.1 Å². The molecule has 3 heteroatoms. The second-order valence-electron chi connectivity index (χ2n) is 9.02. The Morgan fingerprint density at radius 3 is 1.38 bits per heavy atom. The summed E-state index contributed by atoms with van der Waals surface area (Å²) < 4.78 is 5.42. The Morgan fingerprint density at radius 1 is 0.618 bits per heavy atom. The number of hydrogen-bond donors (Lipinski definition) is 0. The summed E-state index contributed by atoms with van der Waals surface area (Å²) in [6.45, 7) is 8.16. The third-order valence-electron chi connectivity index (χ3n) is 6.38. The zero-order valence-corrected chi connectivity index (χ0v) is 21.3. The largest absolute Gasteiger partial charge is 0.461 e. The van der Waals surface area contributed by atoms with Crippen molar-refractivity contribution < 1.29 is 9.53 Å². The van der Waals surface area contributed by atoms with Crippen LogP contribution in [0.5, 0.6) is 0 Å². The Bertz CT molecular complexity index is 1150. The zero-order valence-electron chi connectivity index (χ0n) is 20.4. The van der Waals surface area contributed by atoms with Crippen LogP contribution in [-0.2, 0) is 22.3 Å². The zero-order chi connectivity index (χ0) is 24.1. The van der Waals surface area contributed by atoms with Gasteiger partial charge < -0.3 is 4.74 Å². The van der Waals surface area contributed by atoms with Crippen molar-refractivity contribution >= 4 is 29.1 Å². The predicted octanol–water partition coefficient (Wildman–Crippen LogP) is 6.17. The highest BCUT2D eigenvalue weighted by atomic mass is 31.2. The fourth-order valence-corrected chi connectivity index (χ4v) is 8.64. The van der Waals surface area contributed by atoms with Gasteiger partial charge in [0, 0.05) is 6.92 Å². The van der Waals surface area contributed by atoms with Gasteiger partial charge in [0.05, 0.1) is 6.16 Å². The molecule has 172 valence electrons. The SMILES string of the molecule is CC(=O)OCc1ccccc1C[P+](c1ccc(C)cc1)(c1ccc(C)cc1)c1ccc(C)cc1. The molecular formula is C31H32O2P+. The summed E-state index contributed by atoms with van der Waals surface area (Å²) in [5, 5.41) is 4.06. The summed E-state index contributed by atoms with van der Waals surface area (Å²) in [6.07, 6.45) is 0.861. The van der Waals surface area contributed by atoms with Crippen LogP contribution in [0, 0.1) is 20.8 Å². The van der Waals surface area contributed by atoms with Crippen molar-refractivity contribution in [3.8, 4) is 0 Å². The lowest BCUT2D eigenvalue weighted by Crippen LogP contribution is -2.33. The minimum Gasteiger partial charge on any atom is -0.461 e. The topological polar surface area (TPSA) is 26.3 Å². The molecule has 0 atom stereocenters. The number of rotatable bonds is 7. The van der Waals surface area contributed by atoms with Crippen LogP contribution >= 0.6 is 7.26 Å². The first-order valence-electron chi connectivity index (χ1n) is 11.7. The van der Waals surface area contributed by atoms with Crippen LogP contribution in [0.2, 0.25) is 0 Å². The average Bonchev–Trinajstić information content (AvgIpc) is 2.83. The molecule has 2 nitrogen and oxygen atoms in total. The minimum atomic E-state index is -2.05. The number of aryl methyl sites for hydroxylation is 3. The van der Waals surface area contributed by atoms with Gasteiger partial charge in [-0.1, -0.05) is 77.4 Å². The van der Waals surface area contributed by atoms with E-state index in [-0.39, 0.29) is 5.97 Å². The van der Waals surface area contributed by atoms with Crippen LogP contribution in [0.3, 0.4) is 0 Å². The summed E-state index contributed by atoms with van der Waals surface area (Å²) >= 11 is 0. The van der Waals surface area contributed by atoms with Crippen LogP contribution < -0.4 is 15.9 Å². The van der Waals surface area contributed by atoms with E-state index in [2.05, 4.69) is 112 Å². The van der Waals surface area contributed by atoms with Gasteiger partial charge in [0.15, 0.2) is 0 Å². The number of hydrogen-bond acceptors (Lipinski definition) is 2. The van der Waals surface area contributed by atoms with E-state index >= 15 is 0 Å². The standard InChI is InChI=1S/C31H32O2P/c1-23-9-15-29(16-10-23)34(30-17-11-24(2)12-18-30,31-19-13-25(3)14-20-31)22-28-8-6-5-7-27(28)21-33-26(4)32/h5-20H,21-22H2,1-4H3/q+1. The summed E-state index contributed by atoms with van der Waals surface area (Å²) in [5.41, 5.74) is 6.05. The van der Waals surface area contributed by atoms with E-state index in [1.54, 1.807) is 0 Å². The van der Waals surface area contributed by atoms with Crippen LogP contribution in [0.1, 0.15) is 34.7 Å². The van der Waals surface area contributed by atoms with Gasteiger partial charge in [-0.15, -0.1) is 0 Å². The van der Waals surface area contributed by atoms with Gasteiger partial charge in [-0.2, -0.15) is 0 Å². The number of carbonyl (C=O) groups excluding carboxylic acids is 1. The number of benzene rings is 4. The van der Waals surface area contributed by atoms with Gasteiger partial charge in [0.25, 0.3) is 0 Å². The number of carbonyl (C=O) groups is 1. The molecule has 0 radical (unpaired) electrons. The monoisotopic (exact) mass is 467 g/mol. The highest BCUT2D eigenvalue weighted by molar-refractivity contribution is 7.95. The van der Waals surface area contributed by atoms with Gasteiger partial charge >= 0.3 is 5.97 Å². The molecule has 0 bridgehead atoms. The maximum Gasteiger partial charge on any atom is 0.302 e. The Balaban J connectivity index is 1.97. The minimum absolute atomic E-state index is 0.258. The second kappa shape index (κ2) is 10.4. The summed E-state index contributed by atoms with van der Waals surface area (Å²) in [5.74, 6) is -0.258. The normalized spacial score (nSPS) is 11.3. The fraction of sp³-hybridized carbons (Fsp3) is 0.194. The van der Waals surface area contributed by atoms with Gasteiger partial charge in [0.1, 0.15) is 29.8 Å². The predicted molar refractivity (Wildman–Crippen MR) is 145 cm³/mol. The number of esters is 1. The molecule has 0 N–H and O–H groups in total. The summed E-state index contributed by atoms with van der Waals surface area (Å²) in [6, 6.07) is 35.5. The lowest BCUT2D eigenvalue weighted by Gasteiger charge is -2.29. The van der Waals surface area contributed by atoms with Gasteiger partial charge in [-0.3, -0.25) is 4.79 Å². The molecule has 0 aliphatic carbocycles. The van der Waals surface area contributed by atoms with E-state index in [4.69, 9.17) is 4.74 Å². The summed E-state index contributed by atoms with van der Waals surface area (Å²) in [4.78, 5) is 11.6. The second-order valence-corrected chi connectivity index (χ2v) is 12.5. The first kappa shape index (κ1) is 23.9. The lowest BCUT2D eigenvalue weighted by molar-refractivity contribution is -0.142. The third kappa shape index (κ3) is 5.13. The smallest absolute Gasteiger partial charge is 0.302 e. The van der Waals surface area contributed by atoms with Crippen molar-refractivity contribution in [2.24, 2.45) is 0 Å². The number of ether oxygens (including phenoxy) is 1. The van der Waals surface area contributed by atoms with Crippen molar-refractivity contribution in [2.45, 2.75) is 40.5 Å². The molecule has 34 heavy (non-hydrogen) atoms. The van der Waals surface area contributed by atoms with Crippen LogP contribution in [-0.4, -0.2) is 5.97 Å². The maximum atomic E-state index is 11.6. The van der Waals surface area contributed by atoms with E-state index in [1.165, 1.54) is 45.1 Å². The highest BCUT2D eigenvalue weighted by Gasteiger charge is 2.46. The molecule has 0 aliphatic rings. The van der Waals surface area contributed by atoms with E-state index in [0.29, 0.717) is 6.61 Å². The molecule has 0 amide bonds. The third-order valence-corrected chi connectivity index (χ3v) is 10.7. The molecule has 0 unspecified atom stereocenters. The Morgan fingerprint density at radius 2 is 1.00 bits per heavy atom. The van der Waals surface area contributed by atoms with E-state index in [9.17, 15) is 4.79 Å². The molecular weight excluding hydrogens is 435 g/mol. The Kier molecular flexibility index (Phi) is 7.29. The van der Waals surface area contributed by atoms with Gasteiger partial charge in [-0.05, 0) is 68.3 Å². The molecule has 0 saturated heterocycles. The van der Waals surface area contributed by atoms with Crippen molar-refractivity contribution in [3.05, 3.63) is 125 Å². The molecule has 0 fully saturated rings. The molecule has 0 saturated carbocycles. The average molecular weight is 468 g/mol. The first-order chi connectivity index (χ1) is 16.4. The molecule has 4 aromatic rings. The van der Waals surface area contributed by atoms with Crippen molar-refractivity contribution in [2.75, 3.05) is 0 Å². The first-order valence-corrected chi connectivity index (χ1v) is 13.7. The van der Waals surface area contributed by atoms with E-state index in [1.807, 2.05) is 6.07 Å². The van der Waals surface area contributed by atoms with E-state index in [0.717, 1.165) is 11.7 Å². The van der Waals surface area contributed by atoms with Crippen LogP contribution in [0.25, 0.3) is 0 Å². The fourth-order valence-electron chi connectivity index (χ4n) is 4.41. The molecule has 4 rings (SSSR count). The van der Waals surface area contributed by atoms with Crippen molar-refractivity contribution in [1.82, 2.24) is 0 Å². The Labute approximate surface area is 204 Å².